The maximum absolute atomic E-state index is 3.58. The van der Waals surface area contributed by atoms with Crippen molar-refractivity contribution in [1.82, 2.24) is 5.32 Å². The molecule has 1 aromatic carbocycles. The fourth-order valence-corrected chi connectivity index (χ4v) is 2.60. The summed E-state index contributed by atoms with van der Waals surface area (Å²) in [7, 11) is 0. The van der Waals surface area contributed by atoms with Crippen LogP contribution in [0.25, 0.3) is 0 Å². The molecule has 76 valence electrons. The molecule has 3 heteroatoms. The van der Waals surface area contributed by atoms with E-state index >= 15 is 0 Å². The van der Waals surface area contributed by atoms with Gasteiger partial charge < -0.3 is 5.32 Å². The van der Waals surface area contributed by atoms with E-state index in [1.165, 1.54) is 32.9 Å². The van der Waals surface area contributed by atoms with E-state index in [-0.39, 0.29) is 0 Å². The second-order valence-electron chi connectivity index (χ2n) is 3.68. The van der Waals surface area contributed by atoms with Crippen molar-refractivity contribution in [3.8, 4) is 0 Å². The first-order valence-electron chi connectivity index (χ1n) is 4.96. The summed E-state index contributed by atoms with van der Waals surface area (Å²) in [4.78, 5) is 0. The van der Waals surface area contributed by atoms with Crippen molar-refractivity contribution >= 4 is 38.5 Å². The van der Waals surface area contributed by atoms with Crippen molar-refractivity contribution < 1.29 is 0 Å². The molecule has 1 nitrogen and oxygen atoms in total. The van der Waals surface area contributed by atoms with Crippen molar-refractivity contribution in [2.75, 3.05) is 6.54 Å². The van der Waals surface area contributed by atoms with Gasteiger partial charge in [-0.25, -0.2) is 0 Å². The smallest absolute Gasteiger partial charge is 0.0320 e. The lowest BCUT2D eigenvalue weighted by Crippen LogP contribution is -2.26. The third-order valence-corrected chi connectivity index (χ3v) is 4.99. The summed E-state index contributed by atoms with van der Waals surface area (Å²) in [5.41, 5.74) is 1.41. The molecule has 0 saturated carbocycles. The van der Waals surface area contributed by atoms with E-state index in [0.29, 0.717) is 6.04 Å². The highest BCUT2D eigenvalue weighted by molar-refractivity contribution is 14.1. The minimum absolute atomic E-state index is 0.567. The maximum atomic E-state index is 3.58. The Bertz CT molecular complexity index is 321. The summed E-state index contributed by atoms with van der Waals surface area (Å²) in [6.07, 6.45) is 3.94. The Morgan fingerprint density at radius 1 is 1.36 bits per heavy atom. The highest BCUT2D eigenvalue weighted by atomic mass is 127. The van der Waals surface area contributed by atoms with Crippen LogP contribution in [-0.2, 0) is 0 Å². The molecular formula is C11H13BrIN. The van der Waals surface area contributed by atoms with E-state index in [1.54, 1.807) is 0 Å². The molecule has 0 amide bonds. The summed E-state index contributed by atoms with van der Waals surface area (Å²) < 4.78 is 2.49. The normalized spacial score (nSPS) is 22.3. The Balaban J connectivity index is 2.18. The molecule has 1 aliphatic rings. The number of halogens is 2. The fraction of sp³-hybridized carbons (Fsp3) is 0.455. The van der Waals surface area contributed by atoms with Gasteiger partial charge in [0, 0.05) is 14.1 Å². The number of hydrogen-bond acceptors (Lipinski definition) is 1. The van der Waals surface area contributed by atoms with Gasteiger partial charge in [0.05, 0.1) is 0 Å². The van der Waals surface area contributed by atoms with Crippen molar-refractivity contribution in [3.63, 3.8) is 0 Å². The first-order valence-corrected chi connectivity index (χ1v) is 6.83. The van der Waals surface area contributed by atoms with Crippen LogP contribution in [-0.4, -0.2) is 6.54 Å². The van der Waals surface area contributed by atoms with Gasteiger partial charge in [-0.1, -0.05) is 12.5 Å². The van der Waals surface area contributed by atoms with E-state index in [4.69, 9.17) is 0 Å². The molecule has 1 heterocycles. The number of piperidine rings is 1. The van der Waals surface area contributed by atoms with Gasteiger partial charge in [0.15, 0.2) is 0 Å². The summed E-state index contributed by atoms with van der Waals surface area (Å²) in [6.45, 7) is 1.16. The summed E-state index contributed by atoms with van der Waals surface area (Å²) in [5.74, 6) is 0. The number of hydrogen-bond donors (Lipinski definition) is 1. The minimum atomic E-state index is 0.567. The van der Waals surface area contributed by atoms with Crippen LogP contribution in [0.2, 0.25) is 0 Å². The third kappa shape index (κ3) is 2.49. The van der Waals surface area contributed by atoms with Crippen LogP contribution in [0.4, 0.5) is 0 Å². The van der Waals surface area contributed by atoms with Crippen LogP contribution in [0.3, 0.4) is 0 Å². The van der Waals surface area contributed by atoms with E-state index in [0.717, 1.165) is 6.54 Å². The first-order chi connectivity index (χ1) is 6.77. The highest BCUT2D eigenvalue weighted by Crippen LogP contribution is 2.27. The Morgan fingerprint density at radius 3 is 2.86 bits per heavy atom. The molecule has 1 fully saturated rings. The summed E-state index contributed by atoms with van der Waals surface area (Å²) >= 11 is 5.92. The van der Waals surface area contributed by atoms with Crippen LogP contribution in [0.5, 0.6) is 0 Å². The van der Waals surface area contributed by atoms with Gasteiger partial charge in [-0.05, 0) is 75.6 Å². The van der Waals surface area contributed by atoms with Crippen molar-refractivity contribution in [2.24, 2.45) is 0 Å². The second-order valence-corrected chi connectivity index (χ2v) is 5.69. The SMILES string of the molecule is Brc1cc(C2CCCCN2)ccc1I. The number of rotatable bonds is 1. The molecule has 1 N–H and O–H groups in total. The topological polar surface area (TPSA) is 12.0 Å². The van der Waals surface area contributed by atoms with E-state index in [1.807, 2.05) is 0 Å². The Labute approximate surface area is 107 Å². The van der Waals surface area contributed by atoms with Gasteiger partial charge >= 0.3 is 0 Å². The monoisotopic (exact) mass is 365 g/mol. The van der Waals surface area contributed by atoms with Gasteiger partial charge in [-0.2, -0.15) is 0 Å². The van der Waals surface area contributed by atoms with Crippen LogP contribution >= 0.6 is 38.5 Å². The zero-order valence-corrected chi connectivity index (χ0v) is 11.6. The van der Waals surface area contributed by atoms with Crippen molar-refractivity contribution in [1.29, 1.82) is 0 Å². The average Bonchev–Trinajstić information content (AvgIpc) is 2.23. The molecular weight excluding hydrogens is 353 g/mol. The van der Waals surface area contributed by atoms with E-state index < -0.39 is 0 Å². The summed E-state index contributed by atoms with van der Waals surface area (Å²) in [6, 6.07) is 7.22. The molecule has 1 saturated heterocycles. The molecule has 0 aromatic heterocycles. The summed E-state index contributed by atoms with van der Waals surface area (Å²) in [5, 5.41) is 3.56. The third-order valence-electron chi connectivity index (χ3n) is 2.66. The highest BCUT2D eigenvalue weighted by Gasteiger charge is 2.14. The molecule has 2 rings (SSSR count). The largest absolute Gasteiger partial charge is 0.310 e. The van der Waals surface area contributed by atoms with Crippen LogP contribution in [0.1, 0.15) is 30.9 Å². The molecule has 0 bridgehead atoms. The molecule has 0 spiro atoms. The molecule has 1 unspecified atom stereocenters. The zero-order valence-electron chi connectivity index (χ0n) is 7.89. The lowest BCUT2D eigenvalue weighted by Gasteiger charge is -2.24. The van der Waals surface area contributed by atoms with Gasteiger partial charge in [0.2, 0.25) is 0 Å². The number of nitrogens with one attached hydrogen (secondary N) is 1. The Hall–Kier alpha value is 0.390. The molecule has 1 atom stereocenters. The standard InChI is InChI=1S/C11H13BrIN/c12-9-7-8(4-5-10(9)13)11-3-1-2-6-14-11/h4-5,7,11,14H,1-3,6H2. The Morgan fingerprint density at radius 2 is 2.21 bits per heavy atom. The maximum Gasteiger partial charge on any atom is 0.0320 e. The van der Waals surface area contributed by atoms with Gasteiger partial charge in [-0.3, -0.25) is 0 Å². The van der Waals surface area contributed by atoms with Crippen molar-refractivity contribution in [2.45, 2.75) is 25.3 Å². The number of benzene rings is 1. The molecule has 1 aliphatic heterocycles. The lowest BCUT2D eigenvalue weighted by atomic mass is 9.98. The minimum Gasteiger partial charge on any atom is -0.310 e. The second kappa shape index (κ2) is 4.94. The lowest BCUT2D eigenvalue weighted by molar-refractivity contribution is 0.412. The van der Waals surface area contributed by atoms with Crippen LogP contribution < -0.4 is 5.32 Å². The van der Waals surface area contributed by atoms with Crippen LogP contribution in [0.15, 0.2) is 22.7 Å². The first kappa shape index (κ1) is 10.9. The van der Waals surface area contributed by atoms with Gasteiger partial charge in [-0.15, -0.1) is 0 Å². The Kier molecular flexibility index (Phi) is 3.85. The molecule has 14 heavy (non-hydrogen) atoms. The molecule has 0 radical (unpaired) electrons. The van der Waals surface area contributed by atoms with Crippen LogP contribution in [0, 0.1) is 3.57 Å². The van der Waals surface area contributed by atoms with Crippen molar-refractivity contribution in [3.05, 3.63) is 31.8 Å². The van der Waals surface area contributed by atoms with Gasteiger partial charge in [0.25, 0.3) is 0 Å². The predicted octanol–water partition coefficient (Wildman–Crippen LogP) is 3.87. The average molecular weight is 366 g/mol. The zero-order chi connectivity index (χ0) is 9.97. The molecule has 1 aromatic rings. The quantitative estimate of drug-likeness (QED) is 0.745. The van der Waals surface area contributed by atoms with Gasteiger partial charge in [0.1, 0.15) is 0 Å². The van der Waals surface area contributed by atoms with E-state index in [9.17, 15) is 0 Å². The fourth-order valence-electron chi connectivity index (χ4n) is 1.87. The molecule has 0 aliphatic carbocycles. The predicted molar refractivity (Wildman–Crippen MR) is 71.5 cm³/mol. The van der Waals surface area contributed by atoms with E-state index in [2.05, 4.69) is 62.0 Å².